The molecule has 2 heterocycles. The van der Waals surface area contributed by atoms with Gasteiger partial charge in [0, 0.05) is 24.0 Å². The molecule has 5 heteroatoms. The Bertz CT molecular complexity index is 1100. The molecule has 1 fully saturated rings. The van der Waals surface area contributed by atoms with Crippen molar-refractivity contribution >= 4 is 11.6 Å². The molecule has 1 aromatic heterocycles. The maximum Gasteiger partial charge on any atom is 0.227 e. The molecule has 0 saturated carbocycles. The summed E-state index contributed by atoms with van der Waals surface area (Å²) in [5.41, 5.74) is 7.01. The molecule has 1 aliphatic heterocycles. The van der Waals surface area contributed by atoms with Crippen LogP contribution in [0.5, 0.6) is 5.75 Å². The molecule has 1 N–H and O–H groups in total. The number of likely N-dealkylation sites (tertiary alicyclic amines) is 1. The third kappa shape index (κ3) is 4.02. The number of fused-ring (bicyclic) bond motifs is 3. The van der Waals surface area contributed by atoms with E-state index in [1.54, 1.807) is 7.11 Å². The van der Waals surface area contributed by atoms with Crippen molar-refractivity contribution < 1.29 is 4.74 Å². The summed E-state index contributed by atoms with van der Waals surface area (Å²) in [6.07, 6.45) is 5.52. The van der Waals surface area contributed by atoms with Crippen LogP contribution in [0.4, 0.5) is 11.6 Å². The Morgan fingerprint density at radius 1 is 1.10 bits per heavy atom. The third-order valence-electron chi connectivity index (χ3n) is 6.50. The third-order valence-corrected chi connectivity index (χ3v) is 6.50. The summed E-state index contributed by atoms with van der Waals surface area (Å²) in [7, 11) is 1.71. The summed E-state index contributed by atoms with van der Waals surface area (Å²) in [5, 5.41) is 3.43. The van der Waals surface area contributed by atoms with Crippen molar-refractivity contribution in [3.63, 3.8) is 0 Å². The van der Waals surface area contributed by atoms with Crippen molar-refractivity contribution in [2.45, 2.75) is 45.1 Å². The van der Waals surface area contributed by atoms with Crippen LogP contribution in [0.3, 0.4) is 0 Å². The van der Waals surface area contributed by atoms with Gasteiger partial charge in [-0.3, -0.25) is 4.90 Å². The van der Waals surface area contributed by atoms with Gasteiger partial charge in [0.05, 0.1) is 12.8 Å². The molecular weight excluding hydrogens is 384 g/mol. The Kier molecular flexibility index (Phi) is 5.14. The standard InChI is InChI=1S/C26H30N4O/c1-26(2)15-19-16-27-25(29-24(19)22-14-21(31-3)9-10-23(22)26)28-20-8-6-7-18(13-20)17-30-11-4-5-12-30/h6-10,13-14,16H,4-5,11-12,15,17H2,1-3H3,(H,27,28,29). The number of methoxy groups -OCH3 is 1. The van der Waals surface area contributed by atoms with E-state index in [0.29, 0.717) is 5.95 Å². The first-order valence-electron chi connectivity index (χ1n) is 11.1. The Morgan fingerprint density at radius 2 is 1.94 bits per heavy atom. The molecule has 2 aliphatic rings. The number of aromatic nitrogens is 2. The maximum atomic E-state index is 5.49. The van der Waals surface area contributed by atoms with E-state index >= 15 is 0 Å². The molecule has 1 saturated heterocycles. The Labute approximate surface area is 184 Å². The zero-order chi connectivity index (χ0) is 21.4. The average Bonchev–Trinajstić information content (AvgIpc) is 3.27. The minimum atomic E-state index is 0.0385. The van der Waals surface area contributed by atoms with Crippen LogP contribution in [-0.4, -0.2) is 35.1 Å². The molecular formula is C26H30N4O. The van der Waals surface area contributed by atoms with E-state index in [9.17, 15) is 0 Å². The molecule has 1 aliphatic carbocycles. The second-order valence-corrected chi connectivity index (χ2v) is 9.35. The number of benzene rings is 2. The molecule has 160 valence electrons. The van der Waals surface area contributed by atoms with Gasteiger partial charge < -0.3 is 10.1 Å². The van der Waals surface area contributed by atoms with E-state index in [1.807, 2.05) is 12.3 Å². The molecule has 3 aromatic rings. The van der Waals surface area contributed by atoms with Crippen molar-refractivity contribution in [2.75, 3.05) is 25.5 Å². The van der Waals surface area contributed by atoms with Gasteiger partial charge in [0.1, 0.15) is 5.75 Å². The van der Waals surface area contributed by atoms with Gasteiger partial charge in [-0.25, -0.2) is 9.97 Å². The molecule has 0 amide bonds. The first-order valence-corrected chi connectivity index (χ1v) is 11.1. The predicted molar refractivity (Wildman–Crippen MR) is 125 cm³/mol. The summed E-state index contributed by atoms with van der Waals surface area (Å²) in [4.78, 5) is 12.1. The number of ether oxygens (including phenoxy) is 1. The molecule has 31 heavy (non-hydrogen) atoms. The van der Waals surface area contributed by atoms with E-state index in [-0.39, 0.29) is 5.41 Å². The molecule has 5 rings (SSSR count). The highest BCUT2D eigenvalue weighted by molar-refractivity contribution is 5.74. The molecule has 0 unspecified atom stereocenters. The van der Waals surface area contributed by atoms with Crippen molar-refractivity contribution in [1.29, 1.82) is 0 Å². The summed E-state index contributed by atoms with van der Waals surface area (Å²) in [5.74, 6) is 1.48. The van der Waals surface area contributed by atoms with Crippen LogP contribution in [0.15, 0.2) is 48.7 Å². The highest BCUT2D eigenvalue weighted by atomic mass is 16.5. The fraction of sp³-hybridized carbons (Fsp3) is 0.385. The van der Waals surface area contributed by atoms with Gasteiger partial charge >= 0.3 is 0 Å². The van der Waals surface area contributed by atoms with Crippen LogP contribution in [0, 0.1) is 0 Å². The first kappa shape index (κ1) is 20.0. The lowest BCUT2D eigenvalue weighted by Crippen LogP contribution is -2.26. The van der Waals surface area contributed by atoms with E-state index < -0.39 is 0 Å². The number of hydrogen-bond donors (Lipinski definition) is 1. The monoisotopic (exact) mass is 414 g/mol. The zero-order valence-electron chi connectivity index (χ0n) is 18.6. The topological polar surface area (TPSA) is 50.3 Å². The second-order valence-electron chi connectivity index (χ2n) is 9.35. The minimum Gasteiger partial charge on any atom is -0.497 e. The summed E-state index contributed by atoms with van der Waals surface area (Å²) in [6, 6.07) is 14.9. The van der Waals surface area contributed by atoms with Crippen LogP contribution in [0.2, 0.25) is 0 Å². The average molecular weight is 415 g/mol. The SMILES string of the molecule is COc1ccc2c(c1)-c1nc(Nc3cccc(CN4CCCC4)c3)ncc1CC2(C)C. The minimum absolute atomic E-state index is 0.0385. The molecule has 0 spiro atoms. The fourth-order valence-electron chi connectivity index (χ4n) is 4.91. The molecule has 0 radical (unpaired) electrons. The summed E-state index contributed by atoms with van der Waals surface area (Å²) >= 11 is 0. The zero-order valence-corrected chi connectivity index (χ0v) is 18.6. The lowest BCUT2D eigenvalue weighted by atomic mass is 9.72. The molecule has 2 aromatic carbocycles. The maximum absolute atomic E-state index is 5.49. The number of hydrogen-bond acceptors (Lipinski definition) is 5. The predicted octanol–water partition coefficient (Wildman–Crippen LogP) is 5.33. The van der Waals surface area contributed by atoms with E-state index in [4.69, 9.17) is 9.72 Å². The van der Waals surface area contributed by atoms with Crippen LogP contribution in [0.1, 0.15) is 43.4 Å². The largest absolute Gasteiger partial charge is 0.497 e. The van der Waals surface area contributed by atoms with Crippen molar-refractivity contribution in [3.05, 3.63) is 65.4 Å². The normalized spacial score (nSPS) is 17.1. The fourth-order valence-corrected chi connectivity index (χ4v) is 4.91. The smallest absolute Gasteiger partial charge is 0.227 e. The number of nitrogens with one attached hydrogen (secondary N) is 1. The quantitative estimate of drug-likeness (QED) is 0.612. The summed E-state index contributed by atoms with van der Waals surface area (Å²) < 4.78 is 5.49. The molecule has 0 atom stereocenters. The van der Waals surface area contributed by atoms with Crippen molar-refractivity contribution in [3.8, 4) is 17.0 Å². The van der Waals surface area contributed by atoms with Gasteiger partial charge in [-0.05, 0) is 78.7 Å². The van der Waals surface area contributed by atoms with E-state index in [0.717, 1.165) is 35.7 Å². The van der Waals surface area contributed by atoms with Crippen LogP contribution < -0.4 is 10.1 Å². The summed E-state index contributed by atoms with van der Waals surface area (Å²) in [6.45, 7) is 7.96. The first-order chi connectivity index (χ1) is 15.0. The lowest BCUT2D eigenvalue weighted by Gasteiger charge is -2.33. The molecule has 5 nitrogen and oxygen atoms in total. The van der Waals surface area contributed by atoms with Crippen LogP contribution in [0.25, 0.3) is 11.3 Å². The molecule has 0 bridgehead atoms. The van der Waals surface area contributed by atoms with Crippen molar-refractivity contribution in [2.24, 2.45) is 0 Å². The van der Waals surface area contributed by atoms with Gasteiger partial charge in [-0.15, -0.1) is 0 Å². The Morgan fingerprint density at radius 3 is 2.74 bits per heavy atom. The van der Waals surface area contributed by atoms with Gasteiger partial charge in [0.25, 0.3) is 0 Å². The van der Waals surface area contributed by atoms with Crippen LogP contribution in [-0.2, 0) is 18.4 Å². The van der Waals surface area contributed by atoms with E-state index in [1.165, 1.54) is 42.6 Å². The van der Waals surface area contributed by atoms with Crippen molar-refractivity contribution in [1.82, 2.24) is 14.9 Å². The van der Waals surface area contributed by atoms with Gasteiger partial charge in [-0.1, -0.05) is 32.0 Å². The lowest BCUT2D eigenvalue weighted by molar-refractivity contribution is 0.331. The van der Waals surface area contributed by atoms with Gasteiger partial charge in [0.15, 0.2) is 0 Å². The Hall–Kier alpha value is -2.92. The van der Waals surface area contributed by atoms with Gasteiger partial charge in [0.2, 0.25) is 5.95 Å². The van der Waals surface area contributed by atoms with Gasteiger partial charge in [-0.2, -0.15) is 0 Å². The number of anilines is 2. The number of nitrogens with zero attached hydrogens (tertiary/aromatic N) is 3. The van der Waals surface area contributed by atoms with Crippen LogP contribution >= 0.6 is 0 Å². The second kappa shape index (κ2) is 7.97. The number of rotatable bonds is 5. The Balaban J connectivity index is 1.44. The highest BCUT2D eigenvalue weighted by Gasteiger charge is 2.32. The van der Waals surface area contributed by atoms with E-state index in [2.05, 4.69) is 65.4 Å². The highest BCUT2D eigenvalue weighted by Crippen LogP contribution is 2.43.